The van der Waals surface area contributed by atoms with Gasteiger partial charge in [-0.1, -0.05) is 81.4 Å². The molecule has 0 N–H and O–H groups in total. The predicted octanol–water partition coefficient (Wildman–Crippen LogP) is 3.23. The zero-order valence-electron chi connectivity index (χ0n) is 25.8. The molecule has 236 valence electrons. The molecule has 0 atom stereocenters. The highest BCUT2D eigenvalue weighted by Gasteiger charge is 2.49. The summed E-state index contributed by atoms with van der Waals surface area (Å²) >= 11 is 0. The highest BCUT2D eigenvalue weighted by molar-refractivity contribution is 6.99. The Morgan fingerprint density at radius 1 is 0.524 bits per heavy atom. The highest BCUT2D eigenvalue weighted by atomic mass is 28.4. The fourth-order valence-corrected chi connectivity index (χ4v) is 9.01. The fourth-order valence-electron chi connectivity index (χ4n) is 4.46. The van der Waals surface area contributed by atoms with Crippen LogP contribution >= 0.6 is 0 Å². The third kappa shape index (κ3) is 13.9. The van der Waals surface area contributed by atoms with E-state index in [1.165, 1.54) is 17.3 Å². The third-order valence-corrected chi connectivity index (χ3v) is 11.4. The monoisotopic (exact) mass is 606 g/mol. The van der Waals surface area contributed by atoms with Crippen LogP contribution in [0.5, 0.6) is 0 Å². The third-order valence-electron chi connectivity index (χ3n) is 6.36. The van der Waals surface area contributed by atoms with Crippen LogP contribution in [0.2, 0.25) is 5.04 Å². The molecule has 0 spiro atoms. The average Bonchev–Trinajstić information content (AvgIpc) is 2.98. The molecule has 0 aliphatic carbocycles. The highest BCUT2D eigenvalue weighted by Crippen LogP contribution is 2.36. The van der Waals surface area contributed by atoms with Gasteiger partial charge in [0, 0.05) is 6.92 Å². The molecule has 42 heavy (non-hydrogen) atoms. The zero-order valence-corrected chi connectivity index (χ0v) is 26.8. The molecular formula is C32H50O9Si. The number of benzene rings is 2. The van der Waals surface area contributed by atoms with Crippen molar-refractivity contribution in [1.29, 1.82) is 0 Å². The van der Waals surface area contributed by atoms with E-state index in [0.717, 1.165) is 0 Å². The minimum absolute atomic E-state index is 0.0536. The summed E-state index contributed by atoms with van der Waals surface area (Å²) in [6.45, 7) is 14.7. The Hall–Kier alpha value is -2.15. The van der Waals surface area contributed by atoms with Gasteiger partial charge in [-0.25, -0.2) is 0 Å². The van der Waals surface area contributed by atoms with Crippen LogP contribution in [0.1, 0.15) is 27.7 Å². The van der Waals surface area contributed by atoms with Crippen LogP contribution in [-0.2, 0) is 42.4 Å². The summed E-state index contributed by atoms with van der Waals surface area (Å²) < 4.78 is 44.7. The number of carbonyl (C=O) groups is 1. The van der Waals surface area contributed by atoms with Crippen molar-refractivity contribution >= 4 is 24.7 Å². The van der Waals surface area contributed by atoms with E-state index >= 15 is 0 Å². The molecule has 0 heterocycles. The normalized spacial score (nSPS) is 12.0. The molecule has 0 saturated carbocycles. The van der Waals surface area contributed by atoms with Crippen molar-refractivity contribution in [1.82, 2.24) is 0 Å². The molecule has 0 aliphatic heterocycles. The summed E-state index contributed by atoms with van der Waals surface area (Å²) in [5, 5.41) is 2.48. The summed E-state index contributed by atoms with van der Waals surface area (Å²) in [6.07, 6.45) is 0. The van der Waals surface area contributed by atoms with E-state index in [4.69, 9.17) is 37.6 Å². The van der Waals surface area contributed by atoms with Crippen molar-refractivity contribution in [3.05, 3.63) is 60.7 Å². The van der Waals surface area contributed by atoms with Gasteiger partial charge in [0.2, 0.25) is 0 Å². The lowest BCUT2D eigenvalue weighted by atomic mass is 10.2. The Bertz CT molecular complexity index is 899. The van der Waals surface area contributed by atoms with Crippen LogP contribution in [0.15, 0.2) is 60.7 Å². The van der Waals surface area contributed by atoms with Crippen molar-refractivity contribution < 1.29 is 42.4 Å². The maximum atomic E-state index is 10.6. The molecule has 2 aromatic rings. The van der Waals surface area contributed by atoms with Gasteiger partial charge in [-0.2, -0.15) is 0 Å². The molecule has 0 aliphatic rings. The molecule has 2 rings (SSSR count). The van der Waals surface area contributed by atoms with E-state index in [0.29, 0.717) is 85.9 Å². The van der Waals surface area contributed by atoms with E-state index in [1.54, 1.807) is 0 Å². The second-order valence-electron chi connectivity index (χ2n) is 10.5. The van der Waals surface area contributed by atoms with Gasteiger partial charge in [-0.15, -0.1) is 0 Å². The SMILES string of the molecule is CC(=O)OCCOCCOCCOCCOCCOCCOCCO[Si](c1ccccc1)(c1ccccc1)C(C)(C)C. The van der Waals surface area contributed by atoms with Gasteiger partial charge in [0.15, 0.2) is 0 Å². The van der Waals surface area contributed by atoms with Crippen molar-refractivity contribution in [3.8, 4) is 0 Å². The van der Waals surface area contributed by atoms with Crippen molar-refractivity contribution in [3.63, 3.8) is 0 Å². The molecule has 0 bridgehead atoms. The average molecular weight is 607 g/mol. The number of esters is 1. The number of carbonyl (C=O) groups excluding carboxylic acids is 1. The predicted molar refractivity (Wildman–Crippen MR) is 165 cm³/mol. The molecule has 0 fully saturated rings. The molecular weight excluding hydrogens is 556 g/mol. The molecule has 0 amide bonds. The Balaban J connectivity index is 1.48. The van der Waals surface area contributed by atoms with Crippen LogP contribution in [0.4, 0.5) is 0 Å². The van der Waals surface area contributed by atoms with Gasteiger partial charge in [0.25, 0.3) is 8.32 Å². The zero-order chi connectivity index (χ0) is 30.4. The van der Waals surface area contributed by atoms with E-state index in [2.05, 4.69) is 81.4 Å². The number of ether oxygens (including phenoxy) is 7. The fraction of sp³-hybridized carbons (Fsp3) is 0.594. The topological polar surface area (TPSA) is 90.9 Å². The quantitative estimate of drug-likeness (QED) is 0.102. The minimum Gasteiger partial charge on any atom is -0.463 e. The lowest BCUT2D eigenvalue weighted by molar-refractivity contribution is -0.142. The molecule has 0 saturated heterocycles. The molecule has 2 aromatic carbocycles. The Kier molecular flexibility index (Phi) is 18.5. The Morgan fingerprint density at radius 2 is 0.833 bits per heavy atom. The summed E-state index contributed by atoms with van der Waals surface area (Å²) in [5.74, 6) is -0.307. The van der Waals surface area contributed by atoms with Crippen molar-refractivity contribution in [2.75, 3.05) is 92.5 Å². The van der Waals surface area contributed by atoms with Crippen LogP contribution in [0.3, 0.4) is 0 Å². The van der Waals surface area contributed by atoms with Crippen molar-refractivity contribution in [2.24, 2.45) is 0 Å². The lowest BCUT2D eigenvalue weighted by Gasteiger charge is -2.43. The van der Waals surface area contributed by atoms with Gasteiger partial charge in [0.1, 0.15) is 6.61 Å². The smallest absolute Gasteiger partial charge is 0.302 e. The minimum atomic E-state index is -2.53. The van der Waals surface area contributed by atoms with Gasteiger partial charge < -0.3 is 37.6 Å². The van der Waals surface area contributed by atoms with E-state index < -0.39 is 8.32 Å². The molecule has 9 nitrogen and oxygen atoms in total. The number of rotatable bonds is 24. The van der Waals surface area contributed by atoms with Crippen LogP contribution in [-0.4, -0.2) is 107 Å². The number of hydrogen-bond donors (Lipinski definition) is 0. The first kappa shape index (κ1) is 36.0. The first-order chi connectivity index (χ1) is 20.4. The summed E-state index contributed by atoms with van der Waals surface area (Å²) in [4.78, 5) is 10.6. The first-order valence-electron chi connectivity index (χ1n) is 14.7. The summed E-state index contributed by atoms with van der Waals surface area (Å²) in [6, 6.07) is 21.2. The molecule has 0 radical (unpaired) electrons. The van der Waals surface area contributed by atoms with Gasteiger partial charge in [-0.05, 0) is 15.4 Å². The maximum Gasteiger partial charge on any atom is 0.302 e. The van der Waals surface area contributed by atoms with Gasteiger partial charge >= 0.3 is 5.97 Å². The Morgan fingerprint density at radius 3 is 1.14 bits per heavy atom. The summed E-state index contributed by atoms with van der Waals surface area (Å²) in [5.41, 5.74) is 0. The maximum absolute atomic E-state index is 10.6. The van der Waals surface area contributed by atoms with E-state index in [-0.39, 0.29) is 17.6 Å². The standard InChI is InChI=1S/C32H50O9Si/c1-29(33)40-27-25-38-23-21-36-19-17-34-15-16-35-18-20-37-22-24-39-26-28-41-42(32(2,3)4,30-11-7-5-8-12-30)31-13-9-6-10-14-31/h5-14H,15-28H2,1-4H3. The Labute approximate surface area is 252 Å². The van der Waals surface area contributed by atoms with Crippen LogP contribution in [0, 0.1) is 0 Å². The molecule has 0 aromatic heterocycles. The van der Waals surface area contributed by atoms with Crippen LogP contribution < -0.4 is 10.4 Å². The van der Waals surface area contributed by atoms with Crippen LogP contribution in [0.25, 0.3) is 0 Å². The second kappa shape index (κ2) is 21.5. The van der Waals surface area contributed by atoms with Gasteiger partial charge in [0.05, 0.1) is 85.9 Å². The second-order valence-corrected chi connectivity index (χ2v) is 14.8. The molecule has 0 unspecified atom stereocenters. The van der Waals surface area contributed by atoms with Crippen molar-refractivity contribution in [2.45, 2.75) is 32.7 Å². The largest absolute Gasteiger partial charge is 0.463 e. The lowest BCUT2D eigenvalue weighted by Crippen LogP contribution is -2.66. The van der Waals surface area contributed by atoms with Gasteiger partial charge in [-0.3, -0.25) is 4.79 Å². The summed E-state index contributed by atoms with van der Waals surface area (Å²) in [7, 11) is -2.53. The first-order valence-corrected chi connectivity index (χ1v) is 16.6. The molecule has 10 heteroatoms. The van der Waals surface area contributed by atoms with E-state index in [1.807, 2.05) is 0 Å². The van der Waals surface area contributed by atoms with E-state index in [9.17, 15) is 4.79 Å². The number of hydrogen-bond acceptors (Lipinski definition) is 9.